The number of para-hydroxylation sites is 1. The maximum absolute atomic E-state index is 13.6. The molecule has 0 N–H and O–H groups in total. The Morgan fingerprint density at radius 1 is 0.871 bits per heavy atom. The molecule has 2 aliphatic rings. The third-order valence-electron chi connectivity index (χ3n) is 5.68. The summed E-state index contributed by atoms with van der Waals surface area (Å²) in [5.41, 5.74) is 3.59. The predicted octanol–water partition coefficient (Wildman–Crippen LogP) is 4.18. The third kappa shape index (κ3) is 3.08. The molecule has 0 fully saturated rings. The number of hydrogen-bond acceptors (Lipinski definition) is 4. The Balaban J connectivity index is 1.65. The second kappa shape index (κ2) is 7.40. The minimum absolute atomic E-state index is 0.275. The van der Waals surface area contributed by atoms with Crippen molar-refractivity contribution in [3.63, 3.8) is 0 Å². The van der Waals surface area contributed by atoms with Gasteiger partial charge in [0.25, 0.3) is 11.8 Å². The van der Waals surface area contributed by atoms with Crippen molar-refractivity contribution in [3.05, 3.63) is 95.4 Å². The van der Waals surface area contributed by atoms with Crippen LogP contribution in [0.5, 0.6) is 5.75 Å². The number of carbonyl (C=O) groups is 2. The van der Waals surface area contributed by atoms with E-state index in [-0.39, 0.29) is 5.57 Å². The molecule has 0 bridgehead atoms. The zero-order valence-corrected chi connectivity index (χ0v) is 16.8. The number of benzene rings is 3. The van der Waals surface area contributed by atoms with Crippen LogP contribution in [-0.4, -0.2) is 25.5 Å². The fourth-order valence-corrected chi connectivity index (χ4v) is 4.18. The zero-order chi connectivity index (χ0) is 21.5. The van der Waals surface area contributed by atoms with Gasteiger partial charge in [0.05, 0.1) is 18.4 Å². The minimum Gasteiger partial charge on any atom is -0.497 e. The number of halogens is 1. The molecule has 2 amide bonds. The van der Waals surface area contributed by atoms with Crippen molar-refractivity contribution >= 4 is 28.8 Å². The quantitative estimate of drug-likeness (QED) is 0.601. The van der Waals surface area contributed by atoms with E-state index in [9.17, 15) is 14.0 Å². The topological polar surface area (TPSA) is 49.9 Å². The summed E-state index contributed by atoms with van der Waals surface area (Å²) in [7, 11) is 1.55. The van der Waals surface area contributed by atoms with E-state index in [1.165, 1.54) is 29.2 Å². The molecular formula is C25H19FN2O3. The van der Waals surface area contributed by atoms with Crippen molar-refractivity contribution in [2.75, 3.05) is 23.5 Å². The van der Waals surface area contributed by atoms with E-state index in [1.54, 1.807) is 31.4 Å². The van der Waals surface area contributed by atoms with Crippen molar-refractivity contribution in [3.8, 4) is 5.75 Å². The number of ether oxygens (including phenoxy) is 1. The molecule has 2 heterocycles. The Bertz CT molecular complexity index is 1220. The van der Waals surface area contributed by atoms with E-state index in [1.807, 2.05) is 29.2 Å². The van der Waals surface area contributed by atoms with Gasteiger partial charge in [0, 0.05) is 12.2 Å². The Morgan fingerprint density at radius 2 is 1.58 bits per heavy atom. The number of anilines is 2. The van der Waals surface area contributed by atoms with Gasteiger partial charge in [-0.15, -0.1) is 0 Å². The molecule has 3 aromatic carbocycles. The highest BCUT2D eigenvalue weighted by atomic mass is 19.1. The first-order chi connectivity index (χ1) is 15.1. The molecule has 0 saturated heterocycles. The average Bonchev–Trinajstić information content (AvgIpc) is 3.32. The fourth-order valence-electron chi connectivity index (χ4n) is 4.18. The standard InChI is InChI=1S/C25H19FN2O3/c1-31-20-12-10-19(11-13-20)28-24(29)22(17-6-8-18(26)9-7-17)23(25(28)30)27-15-14-16-4-2-3-5-21(16)27/h2-13H,14-15H2,1H3. The van der Waals surface area contributed by atoms with Gasteiger partial charge in [0.2, 0.25) is 0 Å². The van der Waals surface area contributed by atoms with Crippen molar-refractivity contribution in [1.29, 1.82) is 0 Å². The second-order valence-corrected chi connectivity index (χ2v) is 7.40. The van der Waals surface area contributed by atoms with Crippen LogP contribution in [0, 0.1) is 5.82 Å². The smallest absolute Gasteiger partial charge is 0.282 e. The number of amides is 2. The first-order valence-corrected chi connectivity index (χ1v) is 9.97. The van der Waals surface area contributed by atoms with Gasteiger partial charge >= 0.3 is 0 Å². The number of methoxy groups -OCH3 is 1. The molecule has 6 heteroatoms. The summed E-state index contributed by atoms with van der Waals surface area (Å²) in [6, 6.07) is 20.3. The molecular weight excluding hydrogens is 395 g/mol. The van der Waals surface area contributed by atoms with E-state index in [2.05, 4.69) is 0 Å². The zero-order valence-electron chi connectivity index (χ0n) is 16.8. The van der Waals surface area contributed by atoms with Crippen LogP contribution in [0.1, 0.15) is 11.1 Å². The van der Waals surface area contributed by atoms with E-state index in [0.29, 0.717) is 29.2 Å². The van der Waals surface area contributed by atoms with Crippen LogP contribution in [0.25, 0.3) is 5.57 Å². The predicted molar refractivity (Wildman–Crippen MR) is 116 cm³/mol. The van der Waals surface area contributed by atoms with Gasteiger partial charge in [-0.2, -0.15) is 0 Å². The van der Waals surface area contributed by atoms with Gasteiger partial charge in [0.1, 0.15) is 17.3 Å². The molecule has 5 rings (SSSR count). The molecule has 5 nitrogen and oxygen atoms in total. The number of rotatable bonds is 4. The Morgan fingerprint density at radius 3 is 2.29 bits per heavy atom. The Labute approximate surface area is 179 Å². The van der Waals surface area contributed by atoms with Crippen molar-refractivity contribution in [2.45, 2.75) is 6.42 Å². The maximum atomic E-state index is 13.6. The lowest BCUT2D eigenvalue weighted by Gasteiger charge is -2.22. The SMILES string of the molecule is COc1ccc(N2C(=O)C(c3ccc(F)cc3)=C(N3CCc4ccccc43)C2=O)cc1. The van der Waals surface area contributed by atoms with Crippen LogP contribution in [0.2, 0.25) is 0 Å². The van der Waals surface area contributed by atoms with Crippen LogP contribution in [0.3, 0.4) is 0 Å². The Kier molecular flexibility index (Phi) is 4.55. The van der Waals surface area contributed by atoms with Crippen LogP contribution in [0.4, 0.5) is 15.8 Å². The van der Waals surface area contributed by atoms with Crippen molar-refractivity contribution in [1.82, 2.24) is 0 Å². The number of imide groups is 1. The van der Waals surface area contributed by atoms with Gasteiger partial charge in [-0.05, 0) is 60.0 Å². The first kappa shape index (κ1) is 19.1. The summed E-state index contributed by atoms with van der Waals surface area (Å²) in [5.74, 6) is -0.600. The largest absolute Gasteiger partial charge is 0.497 e. The summed E-state index contributed by atoms with van der Waals surface area (Å²) in [4.78, 5) is 30.2. The van der Waals surface area contributed by atoms with Gasteiger partial charge < -0.3 is 9.64 Å². The van der Waals surface area contributed by atoms with Crippen LogP contribution >= 0.6 is 0 Å². The van der Waals surface area contributed by atoms with Crippen molar-refractivity contribution in [2.24, 2.45) is 0 Å². The highest BCUT2D eigenvalue weighted by molar-refractivity contribution is 6.46. The van der Waals surface area contributed by atoms with E-state index in [4.69, 9.17) is 4.74 Å². The van der Waals surface area contributed by atoms with Crippen LogP contribution in [-0.2, 0) is 16.0 Å². The molecule has 0 aliphatic carbocycles. The van der Waals surface area contributed by atoms with E-state index < -0.39 is 17.6 Å². The summed E-state index contributed by atoms with van der Waals surface area (Å²) in [6.45, 7) is 0.592. The number of hydrogen-bond donors (Lipinski definition) is 0. The highest BCUT2D eigenvalue weighted by Crippen LogP contribution is 2.40. The lowest BCUT2D eigenvalue weighted by molar-refractivity contribution is -0.120. The second-order valence-electron chi connectivity index (χ2n) is 7.40. The average molecular weight is 414 g/mol. The minimum atomic E-state index is -0.429. The molecule has 0 radical (unpaired) electrons. The van der Waals surface area contributed by atoms with Crippen molar-refractivity contribution < 1.29 is 18.7 Å². The van der Waals surface area contributed by atoms with Crippen LogP contribution in [0.15, 0.2) is 78.5 Å². The molecule has 0 unspecified atom stereocenters. The molecule has 31 heavy (non-hydrogen) atoms. The molecule has 2 aliphatic heterocycles. The van der Waals surface area contributed by atoms with Gasteiger partial charge in [-0.25, -0.2) is 9.29 Å². The molecule has 0 saturated carbocycles. The normalized spacial score (nSPS) is 15.7. The van der Waals surface area contributed by atoms with E-state index >= 15 is 0 Å². The molecule has 0 aromatic heterocycles. The monoisotopic (exact) mass is 414 g/mol. The lowest BCUT2D eigenvalue weighted by Crippen LogP contribution is -2.34. The lowest BCUT2D eigenvalue weighted by atomic mass is 10.0. The Hall–Kier alpha value is -3.93. The highest BCUT2D eigenvalue weighted by Gasteiger charge is 2.44. The van der Waals surface area contributed by atoms with Gasteiger partial charge in [-0.3, -0.25) is 9.59 Å². The molecule has 154 valence electrons. The van der Waals surface area contributed by atoms with Gasteiger partial charge in [0.15, 0.2) is 0 Å². The summed E-state index contributed by atoms with van der Waals surface area (Å²) < 4.78 is 18.7. The number of carbonyl (C=O) groups excluding carboxylic acids is 2. The summed E-state index contributed by atoms with van der Waals surface area (Å²) in [6.07, 6.45) is 0.778. The maximum Gasteiger partial charge on any atom is 0.282 e. The van der Waals surface area contributed by atoms with Crippen LogP contribution < -0.4 is 14.5 Å². The first-order valence-electron chi connectivity index (χ1n) is 9.97. The fraction of sp³-hybridized carbons (Fsp3) is 0.120. The number of fused-ring (bicyclic) bond motifs is 1. The van der Waals surface area contributed by atoms with E-state index in [0.717, 1.165) is 17.7 Å². The molecule has 3 aromatic rings. The molecule has 0 atom stereocenters. The number of nitrogens with zero attached hydrogens (tertiary/aromatic N) is 2. The summed E-state index contributed by atoms with van der Waals surface area (Å²) >= 11 is 0. The molecule has 0 spiro atoms. The summed E-state index contributed by atoms with van der Waals surface area (Å²) in [5, 5.41) is 0. The van der Waals surface area contributed by atoms with Gasteiger partial charge in [-0.1, -0.05) is 30.3 Å². The third-order valence-corrected chi connectivity index (χ3v) is 5.68.